The minimum Gasteiger partial charge on any atom is -0.385 e. The van der Waals surface area contributed by atoms with Crippen molar-refractivity contribution >= 4 is 29.9 Å². The summed E-state index contributed by atoms with van der Waals surface area (Å²) >= 11 is 0. The number of guanidine groups is 1. The molecule has 3 fully saturated rings. The SMILES string of the molecule is CCNC(=NCC1(CCOC)CCC1)N1CC2CCCCC2C1.I. The summed E-state index contributed by atoms with van der Waals surface area (Å²) in [7, 11) is 1.81. The van der Waals surface area contributed by atoms with Crippen LogP contribution in [0.5, 0.6) is 0 Å². The highest BCUT2D eigenvalue weighted by molar-refractivity contribution is 14.0. The van der Waals surface area contributed by atoms with Gasteiger partial charge in [0, 0.05) is 39.9 Å². The third-order valence-corrected chi connectivity index (χ3v) is 6.43. The fourth-order valence-corrected chi connectivity index (χ4v) is 4.73. The van der Waals surface area contributed by atoms with Crippen LogP contribution in [0, 0.1) is 17.3 Å². The molecule has 2 atom stereocenters. The highest BCUT2D eigenvalue weighted by Gasteiger charge is 2.38. The summed E-state index contributed by atoms with van der Waals surface area (Å²) in [6.45, 7) is 7.45. The Bertz CT molecular complexity index is 397. The van der Waals surface area contributed by atoms with Gasteiger partial charge in [-0.15, -0.1) is 24.0 Å². The number of ether oxygens (including phenoxy) is 1. The molecular formula is C19H36IN3O. The molecule has 0 aromatic carbocycles. The number of hydrogen-bond donors (Lipinski definition) is 1. The molecule has 0 aromatic heterocycles. The van der Waals surface area contributed by atoms with Gasteiger partial charge in [-0.05, 0) is 56.3 Å². The average Bonchev–Trinajstić information content (AvgIpc) is 2.96. The van der Waals surface area contributed by atoms with Crippen LogP contribution in [0.3, 0.4) is 0 Å². The van der Waals surface area contributed by atoms with E-state index in [0.717, 1.165) is 38.0 Å². The van der Waals surface area contributed by atoms with Crippen molar-refractivity contribution in [3.8, 4) is 0 Å². The summed E-state index contributed by atoms with van der Waals surface area (Å²) in [5.74, 6) is 3.00. The zero-order valence-corrected chi connectivity index (χ0v) is 17.9. The van der Waals surface area contributed by atoms with Gasteiger partial charge < -0.3 is 15.0 Å². The van der Waals surface area contributed by atoms with Gasteiger partial charge in [-0.1, -0.05) is 19.3 Å². The molecule has 2 saturated carbocycles. The van der Waals surface area contributed by atoms with Crippen LogP contribution in [-0.2, 0) is 4.74 Å². The Morgan fingerprint density at radius 2 is 1.83 bits per heavy atom. The van der Waals surface area contributed by atoms with Gasteiger partial charge in [-0.2, -0.15) is 0 Å². The number of likely N-dealkylation sites (tertiary alicyclic amines) is 1. The van der Waals surface area contributed by atoms with Gasteiger partial charge in [0.05, 0.1) is 0 Å². The molecule has 1 saturated heterocycles. The minimum atomic E-state index is 0. The minimum absolute atomic E-state index is 0. The topological polar surface area (TPSA) is 36.9 Å². The van der Waals surface area contributed by atoms with Crippen LogP contribution in [-0.4, -0.2) is 50.8 Å². The molecule has 1 heterocycles. The predicted molar refractivity (Wildman–Crippen MR) is 111 cm³/mol. The number of methoxy groups -OCH3 is 1. The van der Waals surface area contributed by atoms with Gasteiger partial charge in [0.15, 0.2) is 5.96 Å². The van der Waals surface area contributed by atoms with Crippen molar-refractivity contribution in [2.75, 3.05) is 39.9 Å². The van der Waals surface area contributed by atoms with Crippen LogP contribution >= 0.6 is 24.0 Å². The maximum absolute atomic E-state index is 5.32. The lowest BCUT2D eigenvalue weighted by Crippen LogP contribution is -2.42. The number of nitrogens with zero attached hydrogens (tertiary/aromatic N) is 2. The van der Waals surface area contributed by atoms with Crippen LogP contribution in [0.1, 0.15) is 58.3 Å². The van der Waals surface area contributed by atoms with E-state index in [4.69, 9.17) is 9.73 Å². The Balaban J connectivity index is 0.00000208. The second-order valence-corrected chi connectivity index (χ2v) is 7.98. The second-order valence-electron chi connectivity index (χ2n) is 7.98. The molecule has 2 unspecified atom stereocenters. The fraction of sp³-hybridized carbons (Fsp3) is 0.947. The number of aliphatic imine (C=N–C) groups is 1. The first kappa shape index (κ1) is 20.3. The Hall–Kier alpha value is -0.0400. The smallest absolute Gasteiger partial charge is 0.193 e. The number of halogens is 1. The molecule has 140 valence electrons. The summed E-state index contributed by atoms with van der Waals surface area (Å²) < 4.78 is 5.32. The standard InChI is InChI=1S/C19H35N3O.HI/c1-3-20-18(21-15-19(9-6-10-19)11-12-23-2)22-13-16-7-4-5-8-17(16)14-22;/h16-17H,3-15H2,1-2H3,(H,20,21);1H. The van der Waals surface area contributed by atoms with Gasteiger partial charge in [0.25, 0.3) is 0 Å². The lowest BCUT2D eigenvalue weighted by atomic mass is 9.67. The van der Waals surface area contributed by atoms with Crippen LogP contribution in [0.2, 0.25) is 0 Å². The lowest BCUT2D eigenvalue weighted by molar-refractivity contribution is 0.0776. The maximum Gasteiger partial charge on any atom is 0.193 e. The van der Waals surface area contributed by atoms with Crippen molar-refractivity contribution in [3.05, 3.63) is 0 Å². The van der Waals surface area contributed by atoms with E-state index in [1.54, 1.807) is 0 Å². The maximum atomic E-state index is 5.32. The van der Waals surface area contributed by atoms with Crippen molar-refractivity contribution in [1.82, 2.24) is 10.2 Å². The van der Waals surface area contributed by atoms with E-state index in [1.165, 1.54) is 64.0 Å². The van der Waals surface area contributed by atoms with Gasteiger partial charge in [-0.25, -0.2) is 0 Å². The molecule has 0 spiro atoms. The molecule has 24 heavy (non-hydrogen) atoms. The number of hydrogen-bond acceptors (Lipinski definition) is 2. The fourth-order valence-electron chi connectivity index (χ4n) is 4.73. The Morgan fingerprint density at radius 3 is 2.33 bits per heavy atom. The highest BCUT2D eigenvalue weighted by Crippen LogP contribution is 2.44. The Labute approximate surface area is 165 Å². The third-order valence-electron chi connectivity index (χ3n) is 6.43. The van der Waals surface area contributed by atoms with E-state index in [0.29, 0.717) is 5.41 Å². The molecule has 4 nitrogen and oxygen atoms in total. The van der Waals surface area contributed by atoms with E-state index >= 15 is 0 Å². The molecule has 0 amide bonds. The Kier molecular flexibility index (Phi) is 8.11. The molecular weight excluding hydrogens is 413 g/mol. The summed E-state index contributed by atoms with van der Waals surface area (Å²) in [5.41, 5.74) is 0.420. The third kappa shape index (κ3) is 4.77. The summed E-state index contributed by atoms with van der Waals surface area (Å²) in [6.07, 6.45) is 10.9. The second kappa shape index (κ2) is 9.60. The largest absolute Gasteiger partial charge is 0.385 e. The van der Waals surface area contributed by atoms with Crippen molar-refractivity contribution in [2.45, 2.75) is 58.3 Å². The molecule has 0 bridgehead atoms. The van der Waals surface area contributed by atoms with Gasteiger partial charge in [0.1, 0.15) is 0 Å². The van der Waals surface area contributed by atoms with Crippen LogP contribution in [0.25, 0.3) is 0 Å². The van der Waals surface area contributed by atoms with Crippen molar-refractivity contribution in [2.24, 2.45) is 22.2 Å². The molecule has 1 aliphatic heterocycles. The molecule has 3 aliphatic rings. The normalized spacial score (nSPS) is 28.8. The molecule has 1 N–H and O–H groups in total. The van der Waals surface area contributed by atoms with Gasteiger partial charge in [-0.3, -0.25) is 4.99 Å². The first-order chi connectivity index (χ1) is 11.3. The number of fused-ring (bicyclic) bond motifs is 1. The van der Waals surface area contributed by atoms with Crippen LogP contribution < -0.4 is 5.32 Å². The van der Waals surface area contributed by atoms with E-state index in [2.05, 4.69) is 17.1 Å². The van der Waals surface area contributed by atoms with Crippen LogP contribution in [0.15, 0.2) is 4.99 Å². The molecule has 5 heteroatoms. The average molecular weight is 449 g/mol. The first-order valence-electron chi connectivity index (χ1n) is 9.78. The first-order valence-corrected chi connectivity index (χ1v) is 9.78. The van der Waals surface area contributed by atoms with Crippen LogP contribution in [0.4, 0.5) is 0 Å². The monoisotopic (exact) mass is 449 g/mol. The van der Waals surface area contributed by atoms with Gasteiger partial charge >= 0.3 is 0 Å². The van der Waals surface area contributed by atoms with E-state index in [1.807, 2.05) is 7.11 Å². The predicted octanol–water partition coefficient (Wildman–Crippen LogP) is 3.90. The van der Waals surface area contributed by atoms with Crippen molar-refractivity contribution < 1.29 is 4.74 Å². The molecule has 3 rings (SSSR count). The van der Waals surface area contributed by atoms with Gasteiger partial charge in [0.2, 0.25) is 0 Å². The molecule has 0 radical (unpaired) electrons. The quantitative estimate of drug-likeness (QED) is 0.380. The van der Waals surface area contributed by atoms with E-state index in [-0.39, 0.29) is 24.0 Å². The zero-order chi connectivity index (χ0) is 16.1. The van der Waals surface area contributed by atoms with Crippen molar-refractivity contribution in [3.63, 3.8) is 0 Å². The Morgan fingerprint density at radius 1 is 1.17 bits per heavy atom. The summed E-state index contributed by atoms with van der Waals surface area (Å²) in [5, 5.41) is 3.56. The highest BCUT2D eigenvalue weighted by atomic mass is 127. The van der Waals surface area contributed by atoms with E-state index in [9.17, 15) is 0 Å². The molecule has 0 aromatic rings. The van der Waals surface area contributed by atoms with Crippen molar-refractivity contribution in [1.29, 1.82) is 0 Å². The lowest BCUT2D eigenvalue weighted by Gasteiger charge is -2.41. The van der Waals surface area contributed by atoms with E-state index < -0.39 is 0 Å². The summed E-state index contributed by atoms with van der Waals surface area (Å²) in [4.78, 5) is 7.62. The summed E-state index contributed by atoms with van der Waals surface area (Å²) in [6, 6.07) is 0. The number of rotatable bonds is 6. The number of nitrogens with one attached hydrogen (secondary N) is 1. The zero-order valence-electron chi connectivity index (χ0n) is 15.6. The molecule has 2 aliphatic carbocycles.